The number of hydrogen-bond donors (Lipinski definition) is 0. The standard InChI is InChI=1S/C11H13N3O4/c1-17-10-8(14(15)16)2-3-9(12-10)13-4-11(5-13)6-18-7-11/h2-3H,4-7H2,1H3. The Morgan fingerprint density at radius 1 is 1.50 bits per heavy atom. The number of pyridine rings is 1. The molecule has 2 saturated heterocycles. The van der Waals surface area contributed by atoms with Crippen LogP contribution in [0.25, 0.3) is 0 Å². The minimum atomic E-state index is -0.493. The molecule has 0 atom stereocenters. The van der Waals surface area contributed by atoms with Crippen molar-refractivity contribution in [2.45, 2.75) is 0 Å². The number of anilines is 1. The van der Waals surface area contributed by atoms with Gasteiger partial charge in [0.05, 0.1) is 30.7 Å². The van der Waals surface area contributed by atoms with E-state index in [4.69, 9.17) is 9.47 Å². The molecule has 2 fully saturated rings. The van der Waals surface area contributed by atoms with Crippen molar-refractivity contribution < 1.29 is 14.4 Å². The molecule has 7 heteroatoms. The van der Waals surface area contributed by atoms with E-state index in [1.165, 1.54) is 13.2 Å². The molecular weight excluding hydrogens is 238 g/mol. The highest BCUT2D eigenvalue weighted by atomic mass is 16.6. The number of methoxy groups -OCH3 is 1. The quantitative estimate of drug-likeness (QED) is 0.585. The summed E-state index contributed by atoms with van der Waals surface area (Å²) in [5, 5.41) is 10.8. The Hall–Kier alpha value is -1.89. The van der Waals surface area contributed by atoms with E-state index in [2.05, 4.69) is 9.88 Å². The molecule has 0 N–H and O–H groups in total. The topological polar surface area (TPSA) is 77.7 Å². The van der Waals surface area contributed by atoms with Crippen LogP contribution in [0.2, 0.25) is 0 Å². The lowest BCUT2D eigenvalue weighted by Gasteiger charge is -2.55. The molecule has 3 rings (SSSR count). The van der Waals surface area contributed by atoms with Gasteiger partial charge in [0, 0.05) is 19.2 Å². The smallest absolute Gasteiger partial charge is 0.331 e. The molecule has 96 valence electrons. The van der Waals surface area contributed by atoms with Crippen molar-refractivity contribution in [3.05, 3.63) is 22.2 Å². The minimum absolute atomic E-state index is 0.0586. The highest BCUT2D eigenvalue weighted by Gasteiger charge is 2.49. The Morgan fingerprint density at radius 2 is 2.22 bits per heavy atom. The Kier molecular flexibility index (Phi) is 2.37. The lowest BCUT2D eigenvalue weighted by Crippen LogP contribution is -2.66. The molecule has 1 aromatic rings. The SMILES string of the molecule is COc1nc(N2CC3(COC3)C2)ccc1[N+](=O)[O-]. The zero-order valence-corrected chi connectivity index (χ0v) is 9.96. The molecule has 3 heterocycles. The lowest BCUT2D eigenvalue weighted by molar-refractivity contribution is -0.386. The van der Waals surface area contributed by atoms with Gasteiger partial charge >= 0.3 is 5.69 Å². The number of aromatic nitrogens is 1. The summed E-state index contributed by atoms with van der Waals surface area (Å²) in [5.41, 5.74) is 0.180. The van der Waals surface area contributed by atoms with E-state index in [9.17, 15) is 10.1 Å². The van der Waals surface area contributed by atoms with Crippen LogP contribution in [0.1, 0.15) is 0 Å². The molecule has 0 radical (unpaired) electrons. The maximum Gasteiger partial charge on any atom is 0.331 e. The predicted molar refractivity (Wildman–Crippen MR) is 62.9 cm³/mol. The molecule has 1 spiro atoms. The second kappa shape index (κ2) is 3.81. The third-order valence-electron chi connectivity index (χ3n) is 3.41. The van der Waals surface area contributed by atoms with E-state index < -0.39 is 4.92 Å². The summed E-state index contributed by atoms with van der Waals surface area (Å²) in [6, 6.07) is 3.09. The van der Waals surface area contributed by atoms with Gasteiger partial charge in [-0.05, 0) is 6.07 Å². The number of nitro groups is 1. The molecule has 0 aliphatic carbocycles. The predicted octanol–water partition coefficient (Wildman–Crippen LogP) is 0.835. The van der Waals surface area contributed by atoms with Gasteiger partial charge in [0.2, 0.25) is 0 Å². The number of rotatable bonds is 3. The molecular formula is C11H13N3O4. The Bertz CT molecular complexity index is 493. The normalized spacial score (nSPS) is 20.2. The number of hydrogen-bond acceptors (Lipinski definition) is 6. The van der Waals surface area contributed by atoms with Gasteiger partial charge in [-0.3, -0.25) is 10.1 Å². The Morgan fingerprint density at radius 3 is 2.72 bits per heavy atom. The summed E-state index contributed by atoms with van der Waals surface area (Å²) >= 11 is 0. The van der Waals surface area contributed by atoms with Crippen LogP contribution in [0.4, 0.5) is 11.5 Å². The summed E-state index contributed by atoms with van der Waals surface area (Å²) in [6.07, 6.45) is 0. The van der Waals surface area contributed by atoms with Gasteiger partial charge in [-0.25, -0.2) is 0 Å². The van der Waals surface area contributed by atoms with Gasteiger partial charge in [0.1, 0.15) is 5.82 Å². The molecule has 0 unspecified atom stereocenters. The zero-order valence-electron chi connectivity index (χ0n) is 9.96. The van der Waals surface area contributed by atoms with Crippen LogP contribution < -0.4 is 9.64 Å². The largest absolute Gasteiger partial charge is 0.476 e. The van der Waals surface area contributed by atoms with Gasteiger partial charge in [-0.2, -0.15) is 4.98 Å². The molecule has 2 aliphatic rings. The van der Waals surface area contributed by atoms with Gasteiger partial charge in [-0.1, -0.05) is 0 Å². The highest BCUT2D eigenvalue weighted by Crippen LogP contribution is 2.40. The third-order valence-corrected chi connectivity index (χ3v) is 3.41. The third kappa shape index (κ3) is 1.59. The van der Waals surface area contributed by atoms with Crippen LogP contribution in [-0.2, 0) is 4.74 Å². The van der Waals surface area contributed by atoms with Gasteiger partial charge in [0.15, 0.2) is 0 Å². The van der Waals surface area contributed by atoms with Crippen LogP contribution in [-0.4, -0.2) is 43.3 Å². The summed E-state index contributed by atoms with van der Waals surface area (Å²) in [6.45, 7) is 3.38. The fraction of sp³-hybridized carbons (Fsp3) is 0.545. The number of nitrogens with zero attached hydrogens (tertiary/aromatic N) is 3. The molecule has 18 heavy (non-hydrogen) atoms. The molecule has 0 aromatic carbocycles. The molecule has 0 bridgehead atoms. The fourth-order valence-electron chi connectivity index (χ4n) is 2.39. The maximum absolute atomic E-state index is 10.8. The van der Waals surface area contributed by atoms with Gasteiger partial charge < -0.3 is 14.4 Å². The lowest BCUT2D eigenvalue weighted by atomic mass is 9.78. The Labute approximate surface area is 103 Å². The van der Waals surface area contributed by atoms with Crippen molar-refractivity contribution in [2.75, 3.05) is 38.3 Å². The van der Waals surface area contributed by atoms with Crippen LogP contribution in [0.3, 0.4) is 0 Å². The van der Waals surface area contributed by atoms with Gasteiger partial charge in [-0.15, -0.1) is 0 Å². The second-order valence-electron chi connectivity index (χ2n) is 4.80. The van der Waals surface area contributed by atoms with Crippen molar-refractivity contribution >= 4 is 11.5 Å². The summed E-state index contributed by atoms with van der Waals surface area (Å²) in [4.78, 5) is 16.5. The first-order valence-corrected chi connectivity index (χ1v) is 5.66. The summed E-state index contributed by atoms with van der Waals surface area (Å²) < 4.78 is 10.2. The average Bonchev–Trinajstić information content (AvgIpc) is 2.24. The second-order valence-corrected chi connectivity index (χ2v) is 4.80. The summed E-state index contributed by atoms with van der Waals surface area (Å²) in [7, 11) is 1.39. The van der Waals surface area contributed by atoms with E-state index >= 15 is 0 Å². The molecule has 0 amide bonds. The van der Waals surface area contributed by atoms with Crippen LogP contribution in [0.15, 0.2) is 12.1 Å². The first-order valence-electron chi connectivity index (χ1n) is 5.66. The van der Waals surface area contributed by atoms with E-state index in [0.29, 0.717) is 0 Å². The molecule has 0 saturated carbocycles. The van der Waals surface area contributed by atoms with E-state index in [0.717, 1.165) is 32.1 Å². The van der Waals surface area contributed by atoms with E-state index in [1.807, 2.05) is 0 Å². The van der Waals surface area contributed by atoms with Crippen molar-refractivity contribution in [1.82, 2.24) is 4.98 Å². The molecule has 2 aliphatic heterocycles. The number of ether oxygens (including phenoxy) is 2. The van der Waals surface area contributed by atoms with E-state index in [-0.39, 0.29) is 17.0 Å². The van der Waals surface area contributed by atoms with Crippen molar-refractivity contribution in [3.63, 3.8) is 0 Å². The van der Waals surface area contributed by atoms with Crippen molar-refractivity contribution in [1.29, 1.82) is 0 Å². The van der Waals surface area contributed by atoms with E-state index in [1.54, 1.807) is 6.07 Å². The van der Waals surface area contributed by atoms with Crippen molar-refractivity contribution in [3.8, 4) is 5.88 Å². The first-order chi connectivity index (χ1) is 8.63. The minimum Gasteiger partial charge on any atom is -0.476 e. The molecule has 1 aromatic heterocycles. The fourth-order valence-corrected chi connectivity index (χ4v) is 2.39. The van der Waals surface area contributed by atoms with Crippen LogP contribution in [0.5, 0.6) is 5.88 Å². The van der Waals surface area contributed by atoms with Gasteiger partial charge in [0.25, 0.3) is 5.88 Å². The van der Waals surface area contributed by atoms with Crippen LogP contribution >= 0.6 is 0 Å². The van der Waals surface area contributed by atoms with Crippen LogP contribution in [0, 0.1) is 15.5 Å². The monoisotopic (exact) mass is 251 g/mol. The molecule has 7 nitrogen and oxygen atoms in total. The highest BCUT2D eigenvalue weighted by molar-refractivity contribution is 5.52. The summed E-state index contributed by atoms with van der Waals surface area (Å²) in [5.74, 6) is 0.776. The maximum atomic E-state index is 10.8. The Balaban J connectivity index is 1.79. The van der Waals surface area contributed by atoms with Crippen molar-refractivity contribution in [2.24, 2.45) is 5.41 Å². The first kappa shape index (κ1) is 11.2. The average molecular weight is 251 g/mol. The zero-order chi connectivity index (χ0) is 12.8.